The molecule has 170 valence electrons. The van der Waals surface area contributed by atoms with E-state index >= 15 is 0 Å². The van der Waals surface area contributed by atoms with E-state index in [1.165, 1.54) is 6.08 Å². The number of nitrogens with zero attached hydrogens (tertiary/aromatic N) is 1. The van der Waals surface area contributed by atoms with Crippen LogP contribution in [-0.4, -0.2) is 23.0 Å². The number of nitrogens with one attached hydrogen (secondary N) is 4. The molecule has 1 aromatic heterocycles. The van der Waals surface area contributed by atoms with Crippen LogP contribution in [0.2, 0.25) is 0 Å². The molecule has 0 bridgehead atoms. The van der Waals surface area contributed by atoms with Gasteiger partial charge in [0.05, 0.1) is 0 Å². The number of amides is 1. The second kappa shape index (κ2) is 10.1. The third kappa shape index (κ3) is 5.28. The van der Waals surface area contributed by atoms with Gasteiger partial charge in [-0.3, -0.25) is 14.4 Å². The lowest BCUT2D eigenvalue weighted by Crippen LogP contribution is -2.48. The van der Waals surface area contributed by atoms with Gasteiger partial charge in [0.1, 0.15) is 17.2 Å². The van der Waals surface area contributed by atoms with Crippen molar-refractivity contribution in [3.8, 4) is 0 Å². The second-order valence-electron chi connectivity index (χ2n) is 8.16. The predicted octanol–water partition coefficient (Wildman–Crippen LogP) is 3.06. The third-order valence-corrected chi connectivity index (χ3v) is 5.86. The minimum Gasteiger partial charge on any atom is -0.376 e. The Labute approximate surface area is 191 Å². The summed E-state index contributed by atoms with van der Waals surface area (Å²) in [4.78, 5) is 40.4. The summed E-state index contributed by atoms with van der Waals surface area (Å²) in [6, 6.07) is 13.2. The highest BCUT2D eigenvalue weighted by Gasteiger charge is 2.26. The van der Waals surface area contributed by atoms with Crippen LogP contribution in [0.1, 0.15) is 31.2 Å². The van der Waals surface area contributed by atoms with Crippen molar-refractivity contribution in [2.24, 2.45) is 0 Å². The summed E-state index contributed by atoms with van der Waals surface area (Å²) in [5.41, 5.74) is 1.12. The fourth-order valence-corrected chi connectivity index (χ4v) is 4.11. The van der Waals surface area contributed by atoms with E-state index in [0.29, 0.717) is 18.1 Å². The standard InChI is InChI=1S/C25H27N5O3/c1-2-21(31)30-19-11-7-6-10-18(19)29-20-14-17(12-13-26-20)28-23-22(24(32)25(23)33)27-15-16-8-4-3-5-9-16/h2-5,8-9,12-14,18-19,27H,1,6-7,10-11,15H2,(H,30,31)(H2,26,28,29). The molecule has 1 aliphatic carbocycles. The first-order valence-electron chi connectivity index (χ1n) is 11.1. The highest BCUT2D eigenvalue weighted by Crippen LogP contribution is 2.25. The Bertz CT molecular complexity index is 1200. The molecule has 8 nitrogen and oxygen atoms in total. The van der Waals surface area contributed by atoms with E-state index in [1.54, 1.807) is 18.3 Å². The van der Waals surface area contributed by atoms with Gasteiger partial charge in [0, 0.05) is 36.6 Å². The van der Waals surface area contributed by atoms with E-state index in [2.05, 4.69) is 32.8 Å². The number of carbonyl (C=O) groups is 1. The first-order chi connectivity index (χ1) is 16.0. The number of hydrogen-bond acceptors (Lipinski definition) is 7. The largest absolute Gasteiger partial charge is 0.376 e. The van der Waals surface area contributed by atoms with Gasteiger partial charge in [-0.1, -0.05) is 49.8 Å². The van der Waals surface area contributed by atoms with Gasteiger partial charge in [-0.15, -0.1) is 0 Å². The van der Waals surface area contributed by atoms with Crippen LogP contribution in [0.15, 0.2) is 70.9 Å². The van der Waals surface area contributed by atoms with E-state index in [0.717, 1.165) is 31.2 Å². The van der Waals surface area contributed by atoms with E-state index in [1.807, 2.05) is 30.3 Å². The number of aromatic nitrogens is 1. The third-order valence-electron chi connectivity index (χ3n) is 5.86. The van der Waals surface area contributed by atoms with Crippen LogP contribution in [0.3, 0.4) is 0 Å². The van der Waals surface area contributed by atoms with Crippen molar-refractivity contribution in [2.75, 3.05) is 16.0 Å². The van der Waals surface area contributed by atoms with Gasteiger partial charge in [0.2, 0.25) is 5.91 Å². The van der Waals surface area contributed by atoms with Gasteiger partial charge in [0.25, 0.3) is 10.9 Å². The van der Waals surface area contributed by atoms with E-state index in [9.17, 15) is 14.4 Å². The first-order valence-corrected chi connectivity index (χ1v) is 11.1. The molecule has 33 heavy (non-hydrogen) atoms. The average Bonchev–Trinajstić information content (AvgIpc) is 2.85. The molecular weight excluding hydrogens is 418 g/mol. The lowest BCUT2D eigenvalue weighted by molar-refractivity contribution is -0.117. The molecular formula is C25H27N5O3. The SMILES string of the molecule is C=CC(=O)NC1CCCCC1Nc1cc(Nc2c(NCc3ccccc3)c(=O)c2=O)ccn1. The number of pyridine rings is 1. The van der Waals surface area contributed by atoms with E-state index in [-0.39, 0.29) is 29.4 Å². The molecule has 2 atom stereocenters. The highest BCUT2D eigenvalue weighted by atomic mass is 16.2. The molecule has 1 fully saturated rings. The molecule has 0 saturated heterocycles. The van der Waals surface area contributed by atoms with Crippen LogP contribution in [-0.2, 0) is 11.3 Å². The molecule has 4 N–H and O–H groups in total. The summed E-state index contributed by atoms with van der Waals surface area (Å²) in [6.45, 7) is 3.97. The Balaban J connectivity index is 1.44. The van der Waals surface area contributed by atoms with Gasteiger partial charge >= 0.3 is 0 Å². The molecule has 1 heterocycles. The normalized spacial score (nSPS) is 17.8. The van der Waals surface area contributed by atoms with Crippen LogP contribution in [0.4, 0.5) is 22.9 Å². The zero-order valence-corrected chi connectivity index (χ0v) is 18.3. The molecule has 0 aliphatic heterocycles. The number of carbonyl (C=O) groups excluding carboxylic acids is 1. The molecule has 3 aromatic rings. The maximum Gasteiger partial charge on any atom is 0.253 e. The van der Waals surface area contributed by atoms with E-state index < -0.39 is 10.9 Å². The molecule has 0 spiro atoms. The smallest absolute Gasteiger partial charge is 0.253 e. The minimum absolute atomic E-state index is 0.00926. The number of anilines is 4. The molecule has 1 aliphatic rings. The van der Waals surface area contributed by atoms with Crippen LogP contribution in [0, 0.1) is 0 Å². The number of benzene rings is 1. The Morgan fingerprint density at radius 1 is 1.03 bits per heavy atom. The fraction of sp³-hybridized carbons (Fsp3) is 0.280. The van der Waals surface area contributed by atoms with Crippen molar-refractivity contribution in [1.29, 1.82) is 0 Å². The molecule has 0 radical (unpaired) electrons. The highest BCUT2D eigenvalue weighted by molar-refractivity contribution is 5.87. The minimum atomic E-state index is -0.545. The summed E-state index contributed by atoms with van der Waals surface area (Å²) < 4.78 is 0. The first kappa shape index (κ1) is 22.3. The molecule has 1 amide bonds. The molecule has 8 heteroatoms. The topological polar surface area (TPSA) is 112 Å². The van der Waals surface area contributed by atoms with Gasteiger partial charge in [-0.25, -0.2) is 4.98 Å². The molecule has 2 unspecified atom stereocenters. The zero-order chi connectivity index (χ0) is 23.2. The summed E-state index contributed by atoms with van der Waals surface area (Å²) >= 11 is 0. The van der Waals surface area contributed by atoms with Crippen molar-refractivity contribution in [3.63, 3.8) is 0 Å². The Morgan fingerprint density at radius 2 is 1.76 bits per heavy atom. The lowest BCUT2D eigenvalue weighted by Gasteiger charge is -2.33. The Kier molecular flexibility index (Phi) is 6.83. The van der Waals surface area contributed by atoms with Crippen molar-refractivity contribution in [2.45, 2.75) is 44.3 Å². The quantitative estimate of drug-likeness (QED) is 0.296. The van der Waals surface area contributed by atoms with Crippen LogP contribution in [0.25, 0.3) is 0 Å². The summed E-state index contributed by atoms with van der Waals surface area (Å²) in [5, 5.41) is 12.5. The van der Waals surface area contributed by atoms with Gasteiger partial charge in [-0.05, 0) is 30.5 Å². The zero-order valence-electron chi connectivity index (χ0n) is 18.3. The maximum atomic E-state index is 12.2. The van der Waals surface area contributed by atoms with Crippen LogP contribution >= 0.6 is 0 Å². The van der Waals surface area contributed by atoms with Crippen LogP contribution in [0.5, 0.6) is 0 Å². The lowest BCUT2D eigenvalue weighted by atomic mass is 9.90. The van der Waals surface area contributed by atoms with E-state index in [4.69, 9.17) is 0 Å². The second-order valence-corrected chi connectivity index (χ2v) is 8.16. The van der Waals surface area contributed by atoms with Crippen molar-refractivity contribution in [1.82, 2.24) is 10.3 Å². The predicted molar refractivity (Wildman–Crippen MR) is 131 cm³/mol. The van der Waals surface area contributed by atoms with Crippen LogP contribution < -0.4 is 32.1 Å². The average molecular weight is 446 g/mol. The number of hydrogen-bond donors (Lipinski definition) is 4. The molecule has 4 rings (SSSR count). The van der Waals surface area contributed by atoms with Crippen molar-refractivity contribution >= 4 is 28.8 Å². The summed E-state index contributed by atoms with van der Waals surface area (Å²) in [7, 11) is 0. The van der Waals surface area contributed by atoms with Gasteiger partial charge in [0.15, 0.2) is 0 Å². The van der Waals surface area contributed by atoms with Gasteiger partial charge < -0.3 is 21.3 Å². The van der Waals surface area contributed by atoms with Crippen molar-refractivity contribution in [3.05, 3.63) is 87.3 Å². The van der Waals surface area contributed by atoms with Crippen molar-refractivity contribution < 1.29 is 4.79 Å². The molecule has 2 aromatic carbocycles. The molecule has 1 saturated carbocycles. The summed E-state index contributed by atoms with van der Waals surface area (Å²) in [6.07, 6.45) is 6.83. The van der Waals surface area contributed by atoms with Gasteiger partial charge in [-0.2, -0.15) is 0 Å². The monoisotopic (exact) mass is 445 g/mol. The Hall–Kier alpha value is -3.94. The maximum absolute atomic E-state index is 12.2. The Morgan fingerprint density at radius 3 is 2.52 bits per heavy atom. The number of rotatable bonds is 9. The fourth-order valence-electron chi connectivity index (χ4n) is 4.11. The summed E-state index contributed by atoms with van der Waals surface area (Å²) in [5.74, 6) is 0.440.